The Balaban J connectivity index is 2.35. The molecule has 30 heavy (non-hydrogen) atoms. The Bertz CT molecular complexity index is 776. The van der Waals surface area contributed by atoms with Crippen LogP contribution in [-0.2, 0) is 42.9 Å². The summed E-state index contributed by atoms with van der Waals surface area (Å²) in [6, 6.07) is 1.63. The van der Waals surface area contributed by atoms with Gasteiger partial charge in [0.05, 0.1) is 0 Å². The lowest BCUT2D eigenvalue weighted by atomic mass is 10.1. The Morgan fingerprint density at radius 3 is 2.10 bits per heavy atom. The van der Waals surface area contributed by atoms with Gasteiger partial charge in [0.2, 0.25) is 0 Å². The smallest absolute Gasteiger partial charge is 0.303 e. The van der Waals surface area contributed by atoms with E-state index in [-0.39, 0.29) is 6.61 Å². The molecule has 164 valence electrons. The molecule has 1 saturated heterocycles. The fourth-order valence-corrected chi connectivity index (χ4v) is 3.72. The quantitative estimate of drug-likeness (QED) is 0.317. The average molecular weight is 442 g/mol. The second kappa shape index (κ2) is 10.9. The van der Waals surface area contributed by atoms with Crippen LogP contribution in [-0.4, -0.2) is 70.3 Å². The van der Waals surface area contributed by atoms with Gasteiger partial charge in [0.15, 0.2) is 28.9 Å². The topological polar surface area (TPSA) is 140 Å². The SMILES string of the molecule is CC(=O)OC[C@@H](OC(C)=O)[C@@H]1O[C@@H](Sc2ncccn2)[C@H](OC(C)=O)[C@H]1OC(C)=O. The zero-order valence-electron chi connectivity index (χ0n) is 16.8. The van der Waals surface area contributed by atoms with Gasteiger partial charge in [0.1, 0.15) is 12.7 Å². The zero-order chi connectivity index (χ0) is 22.3. The first-order chi connectivity index (χ1) is 14.2. The summed E-state index contributed by atoms with van der Waals surface area (Å²) in [4.78, 5) is 54.4. The maximum absolute atomic E-state index is 11.7. The predicted octanol–water partition coefficient (Wildman–Crippen LogP) is 0.652. The molecule has 0 unspecified atom stereocenters. The number of hydrogen-bond acceptors (Lipinski definition) is 12. The monoisotopic (exact) mass is 442 g/mol. The molecule has 1 aliphatic rings. The average Bonchev–Trinajstić information content (AvgIpc) is 2.95. The van der Waals surface area contributed by atoms with Crippen molar-refractivity contribution in [1.82, 2.24) is 9.97 Å². The van der Waals surface area contributed by atoms with Crippen molar-refractivity contribution in [3.8, 4) is 0 Å². The minimum Gasteiger partial charge on any atom is -0.462 e. The highest BCUT2D eigenvalue weighted by Crippen LogP contribution is 2.38. The van der Waals surface area contributed by atoms with E-state index in [0.717, 1.165) is 11.8 Å². The number of hydrogen-bond donors (Lipinski definition) is 0. The number of esters is 4. The van der Waals surface area contributed by atoms with Crippen LogP contribution in [0.5, 0.6) is 0 Å². The third kappa shape index (κ3) is 6.95. The largest absolute Gasteiger partial charge is 0.462 e. The van der Waals surface area contributed by atoms with Crippen LogP contribution < -0.4 is 0 Å². The Morgan fingerprint density at radius 2 is 1.57 bits per heavy atom. The number of rotatable bonds is 8. The predicted molar refractivity (Wildman–Crippen MR) is 99.8 cm³/mol. The molecule has 0 aliphatic carbocycles. The maximum atomic E-state index is 11.7. The van der Waals surface area contributed by atoms with E-state index in [0.29, 0.717) is 5.16 Å². The van der Waals surface area contributed by atoms with Gasteiger partial charge in [-0.3, -0.25) is 19.2 Å². The van der Waals surface area contributed by atoms with Crippen LogP contribution in [0.3, 0.4) is 0 Å². The molecular formula is C18H22N2O9S. The Labute approximate surface area is 176 Å². The van der Waals surface area contributed by atoms with Crippen molar-refractivity contribution < 1.29 is 42.9 Å². The first-order valence-electron chi connectivity index (χ1n) is 8.91. The highest BCUT2D eigenvalue weighted by Gasteiger charge is 2.54. The number of ether oxygens (including phenoxy) is 5. The third-order valence-corrected chi connectivity index (χ3v) is 4.74. The van der Waals surface area contributed by atoms with Crippen LogP contribution in [0.2, 0.25) is 0 Å². The first kappa shape index (κ1) is 23.5. The van der Waals surface area contributed by atoms with Crippen molar-refractivity contribution in [2.45, 2.75) is 62.7 Å². The van der Waals surface area contributed by atoms with Gasteiger partial charge in [-0.25, -0.2) is 9.97 Å². The minimum atomic E-state index is -1.13. The maximum Gasteiger partial charge on any atom is 0.303 e. The molecule has 11 nitrogen and oxygen atoms in total. The van der Waals surface area contributed by atoms with E-state index in [4.69, 9.17) is 23.7 Å². The number of aromatic nitrogens is 2. The van der Waals surface area contributed by atoms with Crippen molar-refractivity contribution in [2.24, 2.45) is 0 Å². The summed E-state index contributed by atoms with van der Waals surface area (Å²) in [5, 5.41) is 0.325. The summed E-state index contributed by atoms with van der Waals surface area (Å²) >= 11 is 1.04. The normalized spacial score (nSPS) is 23.9. The van der Waals surface area contributed by atoms with Crippen LogP contribution in [0.25, 0.3) is 0 Å². The highest BCUT2D eigenvalue weighted by molar-refractivity contribution is 7.99. The Morgan fingerprint density at radius 1 is 0.967 bits per heavy atom. The van der Waals surface area contributed by atoms with E-state index in [2.05, 4.69) is 9.97 Å². The van der Waals surface area contributed by atoms with Crippen molar-refractivity contribution >= 4 is 35.6 Å². The highest BCUT2D eigenvalue weighted by atomic mass is 32.2. The van der Waals surface area contributed by atoms with Gasteiger partial charge in [0.25, 0.3) is 0 Å². The van der Waals surface area contributed by atoms with Crippen LogP contribution >= 0.6 is 11.8 Å². The van der Waals surface area contributed by atoms with E-state index in [1.54, 1.807) is 6.07 Å². The number of nitrogens with zero attached hydrogens (tertiary/aromatic N) is 2. The molecule has 0 N–H and O–H groups in total. The molecule has 2 rings (SSSR count). The van der Waals surface area contributed by atoms with E-state index < -0.39 is 53.7 Å². The lowest BCUT2D eigenvalue weighted by Gasteiger charge is -2.27. The van der Waals surface area contributed by atoms with Crippen LogP contribution in [0, 0.1) is 0 Å². The Kier molecular flexibility index (Phi) is 8.54. The molecule has 0 spiro atoms. The Hall–Kier alpha value is -2.73. The lowest BCUT2D eigenvalue weighted by Crippen LogP contribution is -2.46. The summed E-state index contributed by atoms with van der Waals surface area (Å²) in [6.07, 6.45) is -1.34. The second-order valence-electron chi connectivity index (χ2n) is 6.22. The lowest BCUT2D eigenvalue weighted by molar-refractivity contribution is -0.176. The molecular weight excluding hydrogens is 420 g/mol. The van der Waals surface area contributed by atoms with Gasteiger partial charge in [-0.15, -0.1) is 0 Å². The zero-order valence-corrected chi connectivity index (χ0v) is 17.6. The summed E-state index contributed by atoms with van der Waals surface area (Å²) in [6.45, 7) is 4.39. The van der Waals surface area contributed by atoms with Crippen LogP contribution in [0.4, 0.5) is 0 Å². The fourth-order valence-electron chi connectivity index (χ4n) is 2.74. The van der Waals surface area contributed by atoms with Crippen LogP contribution in [0.15, 0.2) is 23.6 Å². The van der Waals surface area contributed by atoms with E-state index in [1.807, 2.05) is 0 Å². The summed E-state index contributed by atoms with van der Waals surface area (Å²) in [5.74, 6) is -2.57. The van der Waals surface area contributed by atoms with Gasteiger partial charge >= 0.3 is 23.9 Å². The van der Waals surface area contributed by atoms with Gasteiger partial charge in [-0.1, -0.05) is 11.8 Å². The van der Waals surface area contributed by atoms with E-state index in [1.165, 1.54) is 40.1 Å². The molecule has 0 radical (unpaired) electrons. The van der Waals surface area contributed by atoms with Crippen molar-refractivity contribution in [3.05, 3.63) is 18.5 Å². The van der Waals surface area contributed by atoms with Gasteiger partial charge in [-0.2, -0.15) is 0 Å². The van der Waals surface area contributed by atoms with E-state index >= 15 is 0 Å². The summed E-state index contributed by atoms with van der Waals surface area (Å²) in [5.41, 5.74) is -0.888. The molecule has 1 fully saturated rings. The first-order valence-corrected chi connectivity index (χ1v) is 9.79. The number of carbonyl (C=O) groups excluding carboxylic acids is 4. The molecule has 12 heteroatoms. The van der Waals surface area contributed by atoms with Gasteiger partial charge in [0, 0.05) is 40.1 Å². The molecule has 1 aliphatic heterocycles. The number of thioether (sulfide) groups is 1. The van der Waals surface area contributed by atoms with Gasteiger partial charge in [-0.05, 0) is 6.07 Å². The molecule has 0 amide bonds. The summed E-state index contributed by atoms with van der Waals surface area (Å²) in [7, 11) is 0. The van der Waals surface area contributed by atoms with E-state index in [9.17, 15) is 19.2 Å². The molecule has 2 heterocycles. The van der Waals surface area contributed by atoms with Crippen molar-refractivity contribution in [2.75, 3.05) is 6.61 Å². The molecule has 0 aromatic carbocycles. The minimum absolute atomic E-state index is 0.325. The molecule has 0 bridgehead atoms. The second-order valence-corrected chi connectivity index (χ2v) is 7.28. The molecule has 1 aromatic heterocycles. The van der Waals surface area contributed by atoms with Crippen molar-refractivity contribution in [3.63, 3.8) is 0 Å². The standard InChI is InChI=1S/C18H22N2O9S/c1-9(21)25-8-13(26-10(2)22)14-15(27-11(3)23)16(28-12(4)24)17(29-14)30-18-19-6-5-7-20-18/h5-7,13-17H,8H2,1-4H3/t13-,14+,15+,16-,17+/m1/s1. The third-order valence-electron chi connectivity index (χ3n) is 3.71. The van der Waals surface area contributed by atoms with Gasteiger partial charge < -0.3 is 23.7 Å². The fraction of sp³-hybridized carbons (Fsp3) is 0.556. The molecule has 1 aromatic rings. The summed E-state index contributed by atoms with van der Waals surface area (Å²) < 4.78 is 26.8. The molecule has 5 atom stereocenters. The molecule has 0 saturated carbocycles. The van der Waals surface area contributed by atoms with Crippen molar-refractivity contribution in [1.29, 1.82) is 0 Å². The van der Waals surface area contributed by atoms with Crippen LogP contribution in [0.1, 0.15) is 27.7 Å². The number of carbonyl (C=O) groups is 4.